The lowest BCUT2D eigenvalue weighted by Crippen LogP contribution is -2.04. The van der Waals surface area contributed by atoms with Crippen molar-refractivity contribution in [3.8, 4) is 5.88 Å². The van der Waals surface area contributed by atoms with E-state index in [-0.39, 0.29) is 12.2 Å². The van der Waals surface area contributed by atoms with E-state index in [1.54, 1.807) is 18.2 Å². The van der Waals surface area contributed by atoms with Crippen LogP contribution in [0.2, 0.25) is 0 Å². The molecule has 0 bridgehead atoms. The molecule has 0 saturated carbocycles. The summed E-state index contributed by atoms with van der Waals surface area (Å²) < 4.78 is 31.3. The van der Waals surface area contributed by atoms with E-state index in [9.17, 15) is 8.78 Å². The predicted octanol–water partition coefficient (Wildman–Crippen LogP) is 2.98. The van der Waals surface area contributed by atoms with Crippen molar-refractivity contribution in [1.82, 2.24) is 4.98 Å². The zero-order valence-electron chi connectivity index (χ0n) is 9.78. The van der Waals surface area contributed by atoms with Crippen molar-refractivity contribution in [2.75, 3.05) is 12.4 Å². The summed E-state index contributed by atoms with van der Waals surface area (Å²) in [6.45, 7) is 0.289. The van der Waals surface area contributed by atoms with E-state index < -0.39 is 11.6 Å². The van der Waals surface area contributed by atoms with Crippen LogP contribution in [-0.4, -0.2) is 12.1 Å². The van der Waals surface area contributed by atoms with E-state index in [1.807, 2.05) is 0 Å². The summed E-state index contributed by atoms with van der Waals surface area (Å²) in [7, 11) is 1.52. The summed E-state index contributed by atoms with van der Waals surface area (Å²) in [6.07, 6.45) is 0. The number of halogens is 2. The molecule has 3 nitrogen and oxygen atoms in total. The summed E-state index contributed by atoms with van der Waals surface area (Å²) in [6, 6.07) is 9.26. The highest BCUT2D eigenvalue weighted by atomic mass is 19.2. The molecule has 1 heterocycles. The second-order valence-electron chi connectivity index (χ2n) is 3.63. The van der Waals surface area contributed by atoms with Gasteiger partial charge in [0.2, 0.25) is 5.88 Å². The molecule has 5 heteroatoms. The van der Waals surface area contributed by atoms with Crippen LogP contribution < -0.4 is 10.1 Å². The first-order chi connectivity index (χ1) is 8.70. The van der Waals surface area contributed by atoms with Crippen LogP contribution in [0.3, 0.4) is 0 Å². The summed E-state index contributed by atoms with van der Waals surface area (Å²) >= 11 is 0. The van der Waals surface area contributed by atoms with Crippen LogP contribution in [0.1, 0.15) is 5.69 Å². The van der Waals surface area contributed by atoms with E-state index >= 15 is 0 Å². The molecule has 2 rings (SSSR count). The van der Waals surface area contributed by atoms with Crippen molar-refractivity contribution < 1.29 is 13.5 Å². The van der Waals surface area contributed by atoms with Gasteiger partial charge in [0.25, 0.3) is 0 Å². The van der Waals surface area contributed by atoms with Crippen LogP contribution in [0, 0.1) is 11.6 Å². The fourth-order valence-electron chi connectivity index (χ4n) is 1.50. The van der Waals surface area contributed by atoms with Gasteiger partial charge in [-0.25, -0.2) is 13.8 Å². The van der Waals surface area contributed by atoms with Crippen LogP contribution in [0.4, 0.5) is 14.5 Å². The Hall–Kier alpha value is -2.17. The lowest BCUT2D eigenvalue weighted by atomic mass is 10.2. The maximum atomic E-state index is 13.4. The molecular weight excluding hydrogens is 238 g/mol. The number of benzene rings is 1. The Labute approximate surface area is 103 Å². The molecule has 0 unspecified atom stereocenters. The van der Waals surface area contributed by atoms with Crippen molar-refractivity contribution >= 4 is 5.69 Å². The normalized spacial score (nSPS) is 10.2. The highest BCUT2D eigenvalue weighted by Gasteiger charge is 2.07. The van der Waals surface area contributed by atoms with E-state index in [0.717, 1.165) is 6.07 Å². The first kappa shape index (κ1) is 12.3. The van der Waals surface area contributed by atoms with Gasteiger partial charge in [-0.05, 0) is 18.2 Å². The molecule has 94 valence electrons. The molecule has 1 aromatic carbocycles. The van der Waals surface area contributed by atoms with Gasteiger partial charge >= 0.3 is 0 Å². The summed E-state index contributed by atoms with van der Waals surface area (Å²) in [5.41, 5.74) is 0.789. The average molecular weight is 250 g/mol. The minimum Gasteiger partial charge on any atom is -0.481 e. The number of aromatic nitrogens is 1. The van der Waals surface area contributed by atoms with Gasteiger partial charge in [0, 0.05) is 6.07 Å². The summed E-state index contributed by atoms with van der Waals surface area (Å²) in [4.78, 5) is 4.16. The largest absolute Gasteiger partial charge is 0.481 e. The van der Waals surface area contributed by atoms with E-state index in [0.29, 0.717) is 11.6 Å². The fourth-order valence-corrected chi connectivity index (χ4v) is 1.50. The second-order valence-corrected chi connectivity index (χ2v) is 3.63. The second kappa shape index (κ2) is 5.44. The molecule has 0 aliphatic heterocycles. The zero-order chi connectivity index (χ0) is 13.0. The first-order valence-corrected chi connectivity index (χ1v) is 5.38. The monoisotopic (exact) mass is 250 g/mol. The van der Waals surface area contributed by atoms with Gasteiger partial charge in [-0.3, -0.25) is 0 Å². The third-order valence-corrected chi connectivity index (χ3v) is 2.40. The number of nitrogens with one attached hydrogen (secondary N) is 1. The van der Waals surface area contributed by atoms with E-state index in [1.165, 1.54) is 19.2 Å². The molecule has 1 N–H and O–H groups in total. The third kappa shape index (κ3) is 2.74. The highest BCUT2D eigenvalue weighted by Crippen LogP contribution is 2.17. The smallest absolute Gasteiger partial charge is 0.213 e. The Kier molecular flexibility index (Phi) is 3.72. The number of nitrogens with zero attached hydrogens (tertiary/aromatic N) is 1. The van der Waals surface area contributed by atoms with E-state index in [2.05, 4.69) is 10.3 Å². The molecule has 1 aromatic heterocycles. The van der Waals surface area contributed by atoms with Crippen molar-refractivity contribution in [1.29, 1.82) is 0 Å². The van der Waals surface area contributed by atoms with Gasteiger partial charge in [-0.1, -0.05) is 12.1 Å². The minimum atomic E-state index is -0.889. The molecule has 0 fully saturated rings. The maximum Gasteiger partial charge on any atom is 0.213 e. The number of methoxy groups -OCH3 is 1. The fraction of sp³-hybridized carbons (Fsp3) is 0.154. The lowest BCUT2D eigenvalue weighted by Gasteiger charge is -2.08. The maximum absolute atomic E-state index is 13.4. The SMILES string of the molecule is COc1cccc(CNc2cccc(F)c2F)n1. The minimum absolute atomic E-state index is 0.111. The average Bonchev–Trinajstić information content (AvgIpc) is 2.41. The molecular formula is C13H12F2N2O. The third-order valence-electron chi connectivity index (χ3n) is 2.40. The van der Waals surface area contributed by atoms with Crippen molar-refractivity contribution in [2.24, 2.45) is 0 Å². The molecule has 0 aliphatic carbocycles. The molecule has 2 aromatic rings. The molecule has 0 spiro atoms. The molecule has 0 aliphatic rings. The van der Waals surface area contributed by atoms with Crippen LogP contribution in [0.15, 0.2) is 36.4 Å². The van der Waals surface area contributed by atoms with Crippen LogP contribution in [-0.2, 0) is 6.54 Å². The number of pyridine rings is 1. The standard InChI is InChI=1S/C13H12F2N2O/c1-18-12-7-2-4-9(17-12)8-16-11-6-3-5-10(14)13(11)15/h2-7,16H,8H2,1H3. The van der Waals surface area contributed by atoms with Crippen LogP contribution >= 0.6 is 0 Å². The van der Waals surface area contributed by atoms with Crippen LogP contribution in [0.5, 0.6) is 5.88 Å². The Morgan fingerprint density at radius 3 is 2.72 bits per heavy atom. The van der Waals surface area contributed by atoms with Crippen molar-refractivity contribution in [3.63, 3.8) is 0 Å². The molecule has 0 radical (unpaired) electrons. The number of hydrogen-bond acceptors (Lipinski definition) is 3. The topological polar surface area (TPSA) is 34.1 Å². The molecule has 0 saturated heterocycles. The Bertz CT molecular complexity index is 546. The van der Waals surface area contributed by atoms with Gasteiger partial charge in [0.05, 0.1) is 25.0 Å². The van der Waals surface area contributed by atoms with E-state index in [4.69, 9.17) is 4.74 Å². The summed E-state index contributed by atoms with van der Waals surface area (Å²) in [5.74, 6) is -1.28. The van der Waals surface area contributed by atoms with Crippen molar-refractivity contribution in [2.45, 2.75) is 6.54 Å². The Balaban J connectivity index is 2.09. The predicted molar refractivity (Wildman–Crippen MR) is 64.5 cm³/mol. The highest BCUT2D eigenvalue weighted by molar-refractivity contribution is 5.45. The van der Waals surface area contributed by atoms with Gasteiger partial charge in [-0.2, -0.15) is 0 Å². The van der Waals surface area contributed by atoms with Gasteiger partial charge in [0.15, 0.2) is 11.6 Å². The quantitative estimate of drug-likeness (QED) is 0.905. The lowest BCUT2D eigenvalue weighted by molar-refractivity contribution is 0.396. The Morgan fingerprint density at radius 2 is 1.94 bits per heavy atom. The van der Waals surface area contributed by atoms with Gasteiger partial charge in [0.1, 0.15) is 0 Å². The molecule has 18 heavy (non-hydrogen) atoms. The number of rotatable bonds is 4. The zero-order valence-corrected chi connectivity index (χ0v) is 9.78. The molecule has 0 atom stereocenters. The first-order valence-electron chi connectivity index (χ1n) is 5.38. The number of anilines is 1. The van der Waals surface area contributed by atoms with Gasteiger partial charge < -0.3 is 10.1 Å². The van der Waals surface area contributed by atoms with Crippen LogP contribution in [0.25, 0.3) is 0 Å². The van der Waals surface area contributed by atoms with Crippen molar-refractivity contribution in [3.05, 3.63) is 53.7 Å². The Morgan fingerprint density at radius 1 is 1.17 bits per heavy atom. The number of hydrogen-bond donors (Lipinski definition) is 1. The summed E-state index contributed by atoms with van der Waals surface area (Å²) in [5, 5.41) is 2.79. The number of ether oxygens (including phenoxy) is 1. The van der Waals surface area contributed by atoms with Gasteiger partial charge in [-0.15, -0.1) is 0 Å². The molecule has 0 amide bonds.